The number of carboxylic acid groups (broad SMARTS) is 1. The molecule has 0 bridgehead atoms. The molecule has 0 radical (unpaired) electrons. The maximum Gasteiger partial charge on any atom is 0.360 e. The zero-order valence-electron chi connectivity index (χ0n) is 11.0. The second kappa shape index (κ2) is 6.61. The van der Waals surface area contributed by atoms with Crippen molar-refractivity contribution in [1.82, 2.24) is 4.98 Å². The summed E-state index contributed by atoms with van der Waals surface area (Å²) in [6.07, 6.45) is 0.205. The molecule has 0 fully saturated rings. The van der Waals surface area contributed by atoms with E-state index in [1.807, 2.05) is 0 Å². The average molecular weight is 363 g/mol. The van der Waals surface area contributed by atoms with E-state index >= 15 is 0 Å². The molecule has 2 rings (SSSR count). The van der Waals surface area contributed by atoms with Gasteiger partial charge in [0.15, 0.2) is 5.69 Å². The van der Waals surface area contributed by atoms with Crippen LogP contribution in [0.5, 0.6) is 0 Å². The topological polar surface area (TPSA) is 108 Å². The Morgan fingerprint density at radius 3 is 2.64 bits per heavy atom. The number of halogens is 1. The number of aromatic carboxylic acids is 1. The van der Waals surface area contributed by atoms with E-state index in [4.69, 9.17) is 16.7 Å². The second-order valence-corrected chi connectivity index (χ2v) is 6.78. The molecule has 0 saturated heterocycles. The highest BCUT2D eigenvalue weighted by Crippen LogP contribution is 2.28. The zero-order valence-corrected chi connectivity index (χ0v) is 13.4. The lowest BCUT2D eigenvalue weighted by Crippen LogP contribution is -2.32. The number of benzene rings is 1. The predicted molar refractivity (Wildman–Crippen MR) is 83.1 cm³/mol. The van der Waals surface area contributed by atoms with Gasteiger partial charge in [-0.1, -0.05) is 29.8 Å². The molecule has 1 heterocycles. The summed E-state index contributed by atoms with van der Waals surface area (Å²) < 4.78 is 33.1. The molecule has 0 saturated carbocycles. The number of carboxylic acids is 1. The van der Waals surface area contributed by atoms with Crippen LogP contribution >= 0.6 is 22.9 Å². The molecule has 0 atom stereocenters. The van der Waals surface area contributed by atoms with Gasteiger partial charge in [0.1, 0.15) is 5.00 Å². The van der Waals surface area contributed by atoms with Crippen LogP contribution in [0.3, 0.4) is 0 Å². The van der Waals surface area contributed by atoms with Crippen LogP contribution in [0.2, 0.25) is 5.02 Å². The number of aromatic nitrogens is 1. The van der Waals surface area contributed by atoms with E-state index < -0.39 is 22.0 Å². The van der Waals surface area contributed by atoms with Gasteiger partial charge in [0.05, 0.1) is 5.51 Å². The van der Waals surface area contributed by atoms with Crippen LogP contribution in [0.4, 0.5) is 5.00 Å². The van der Waals surface area contributed by atoms with Crippen molar-refractivity contribution in [1.29, 1.82) is 0 Å². The molecule has 10 heteroatoms. The number of hydrogen-bond acceptors (Lipinski definition) is 5. The lowest BCUT2D eigenvalue weighted by Gasteiger charge is -2.19. The highest BCUT2D eigenvalue weighted by atomic mass is 35.5. The molecule has 0 aliphatic rings. The van der Waals surface area contributed by atoms with Gasteiger partial charge in [0.2, 0.25) is 0 Å². The zero-order chi connectivity index (χ0) is 16.3. The Bertz CT molecular complexity index is 790. The quantitative estimate of drug-likeness (QED) is 0.763. The third-order valence-electron chi connectivity index (χ3n) is 2.80. The van der Waals surface area contributed by atoms with Crippen molar-refractivity contribution in [3.8, 4) is 0 Å². The van der Waals surface area contributed by atoms with E-state index in [0.717, 1.165) is 11.3 Å². The fraction of sp³-hybridized carbons (Fsp3) is 0.167. The van der Waals surface area contributed by atoms with E-state index in [2.05, 4.69) is 4.98 Å². The summed E-state index contributed by atoms with van der Waals surface area (Å²) in [5.74, 6) is -1.37. The maximum atomic E-state index is 11.5. The summed E-state index contributed by atoms with van der Waals surface area (Å²) in [6, 6.07) is 6.85. The van der Waals surface area contributed by atoms with Gasteiger partial charge in [-0.15, -0.1) is 11.3 Å². The third kappa shape index (κ3) is 3.74. The van der Waals surface area contributed by atoms with Crippen LogP contribution in [0.25, 0.3) is 0 Å². The van der Waals surface area contributed by atoms with E-state index in [1.54, 1.807) is 24.3 Å². The average Bonchev–Trinajstić information content (AvgIpc) is 2.88. The maximum absolute atomic E-state index is 11.5. The van der Waals surface area contributed by atoms with Crippen molar-refractivity contribution < 1.29 is 22.9 Å². The van der Waals surface area contributed by atoms with Crippen molar-refractivity contribution in [3.05, 3.63) is 46.1 Å². The Morgan fingerprint density at radius 1 is 1.36 bits per heavy atom. The lowest BCUT2D eigenvalue weighted by molar-refractivity contribution is 0.0692. The normalized spacial score (nSPS) is 11.4. The molecule has 0 amide bonds. The summed E-state index contributed by atoms with van der Waals surface area (Å²) >= 11 is 6.81. The van der Waals surface area contributed by atoms with Crippen molar-refractivity contribution in [2.45, 2.75) is 6.42 Å². The highest BCUT2D eigenvalue weighted by molar-refractivity contribution is 7.87. The van der Waals surface area contributed by atoms with Crippen LogP contribution in [0.1, 0.15) is 16.1 Å². The Balaban J connectivity index is 2.31. The number of anilines is 1. The summed E-state index contributed by atoms with van der Waals surface area (Å²) in [5, 5.41) is 9.33. The van der Waals surface area contributed by atoms with E-state index in [0.29, 0.717) is 14.9 Å². The monoisotopic (exact) mass is 362 g/mol. The summed E-state index contributed by atoms with van der Waals surface area (Å²) in [7, 11) is -4.63. The summed E-state index contributed by atoms with van der Waals surface area (Å²) in [4.78, 5) is 14.7. The molecule has 7 nitrogen and oxygen atoms in total. The minimum absolute atomic E-state index is 0.151. The van der Waals surface area contributed by atoms with Crippen molar-refractivity contribution in [2.75, 3.05) is 10.8 Å². The number of nitrogens with zero attached hydrogens (tertiary/aromatic N) is 2. The Hall–Kier alpha value is -1.68. The first kappa shape index (κ1) is 16.7. The standard InChI is InChI=1S/C12H11ClN2O5S2/c13-9-4-2-1-3-8(9)5-6-15(22(18,19)20)11-10(12(16)17)14-7-21-11/h1-4,7H,5-6H2,(H,16,17)(H,18,19,20). The van der Waals surface area contributed by atoms with Gasteiger partial charge in [-0.3, -0.25) is 4.55 Å². The molecule has 118 valence electrons. The molecule has 22 heavy (non-hydrogen) atoms. The van der Waals surface area contributed by atoms with Crippen molar-refractivity contribution >= 4 is 44.2 Å². The number of carbonyl (C=O) groups is 1. The molecule has 1 aromatic carbocycles. The van der Waals surface area contributed by atoms with Crippen LogP contribution in [0, 0.1) is 0 Å². The molecule has 0 spiro atoms. The smallest absolute Gasteiger partial charge is 0.360 e. The number of thiazole rings is 1. The first-order valence-corrected chi connectivity index (χ1v) is 8.61. The first-order valence-electron chi connectivity index (χ1n) is 5.96. The molecule has 0 aliphatic heterocycles. The summed E-state index contributed by atoms with van der Waals surface area (Å²) in [5.41, 5.74) is 1.45. The molecule has 2 N–H and O–H groups in total. The molecular formula is C12H11ClN2O5S2. The molecular weight excluding hydrogens is 352 g/mol. The first-order chi connectivity index (χ1) is 10.3. The van der Waals surface area contributed by atoms with Crippen LogP contribution in [-0.2, 0) is 16.7 Å². The fourth-order valence-corrected chi connectivity index (χ4v) is 3.79. The van der Waals surface area contributed by atoms with E-state index in [-0.39, 0.29) is 18.0 Å². The molecule has 0 unspecified atom stereocenters. The van der Waals surface area contributed by atoms with Crippen LogP contribution in [-0.4, -0.2) is 35.6 Å². The minimum Gasteiger partial charge on any atom is -0.476 e. The van der Waals surface area contributed by atoms with Gasteiger partial charge in [0, 0.05) is 11.6 Å². The van der Waals surface area contributed by atoms with E-state index in [9.17, 15) is 17.8 Å². The molecule has 1 aromatic heterocycles. The molecule has 0 aliphatic carbocycles. The Labute approximate surface area is 135 Å². The summed E-state index contributed by atoms with van der Waals surface area (Å²) in [6.45, 7) is -0.162. The predicted octanol–water partition coefficient (Wildman–Crippen LogP) is 2.35. The van der Waals surface area contributed by atoms with Crippen LogP contribution in [0.15, 0.2) is 29.8 Å². The Morgan fingerprint density at radius 2 is 2.05 bits per heavy atom. The highest BCUT2D eigenvalue weighted by Gasteiger charge is 2.27. The molecule has 2 aromatic rings. The fourth-order valence-electron chi connectivity index (χ4n) is 1.81. The largest absolute Gasteiger partial charge is 0.476 e. The second-order valence-electron chi connectivity index (χ2n) is 4.20. The Kier molecular flexibility index (Phi) is 5.01. The minimum atomic E-state index is -4.63. The van der Waals surface area contributed by atoms with Crippen molar-refractivity contribution in [3.63, 3.8) is 0 Å². The van der Waals surface area contributed by atoms with Gasteiger partial charge >= 0.3 is 16.3 Å². The van der Waals surface area contributed by atoms with Gasteiger partial charge < -0.3 is 5.11 Å². The van der Waals surface area contributed by atoms with Crippen molar-refractivity contribution in [2.24, 2.45) is 0 Å². The van der Waals surface area contributed by atoms with Gasteiger partial charge in [-0.05, 0) is 18.1 Å². The third-order valence-corrected chi connectivity index (χ3v) is 5.05. The van der Waals surface area contributed by atoms with E-state index in [1.165, 1.54) is 5.51 Å². The lowest BCUT2D eigenvalue weighted by atomic mass is 10.1. The van der Waals surface area contributed by atoms with Gasteiger partial charge in [0.25, 0.3) is 0 Å². The van der Waals surface area contributed by atoms with Gasteiger partial charge in [-0.25, -0.2) is 14.1 Å². The van der Waals surface area contributed by atoms with Crippen LogP contribution < -0.4 is 4.31 Å². The van der Waals surface area contributed by atoms with Gasteiger partial charge in [-0.2, -0.15) is 8.42 Å². The number of rotatable bonds is 6. The number of hydrogen-bond donors (Lipinski definition) is 2. The SMILES string of the molecule is O=C(O)c1ncsc1N(CCc1ccccc1Cl)S(=O)(=O)O.